The van der Waals surface area contributed by atoms with E-state index in [0.717, 1.165) is 15.3 Å². The molecule has 0 spiro atoms. The zero-order valence-electron chi connectivity index (χ0n) is 13.2. The van der Waals surface area contributed by atoms with E-state index in [4.69, 9.17) is 0 Å². The van der Waals surface area contributed by atoms with Gasteiger partial charge in [0.25, 0.3) is 0 Å². The molecule has 5 heteroatoms. The number of hydrogen-bond acceptors (Lipinski definition) is 3. The van der Waals surface area contributed by atoms with Crippen LogP contribution in [0.15, 0.2) is 48.5 Å². The monoisotopic (exact) mass is 328 g/mol. The molecule has 2 rings (SSSR count). The molecule has 0 bridgehead atoms. The van der Waals surface area contributed by atoms with E-state index >= 15 is 0 Å². The minimum atomic E-state index is -0.546. The lowest BCUT2D eigenvalue weighted by Gasteiger charge is -2.11. The van der Waals surface area contributed by atoms with Crippen LogP contribution < -0.4 is 10.6 Å². The highest BCUT2D eigenvalue weighted by atomic mass is 32.1. The van der Waals surface area contributed by atoms with Crippen molar-refractivity contribution in [2.24, 2.45) is 0 Å². The van der Waals surface area contributed by atoms with Crippen LogP contribution in [-0.2, 0) is 9.59 Å². The average Bonchev–Trinajstić information content (AvgIpc) is 3.03. The first-order chi connectivity index (χ1) is 11.1. The summed E-state index contributed by atoms with van der Waals surface area (Å²) in [6.45, 7) is 4.05. The predicted octanol–water partition coefficient (Wildman–Crippen LogP) is 3.07. The Balaban J connectivity index is 1.94. The molecule has 0 radical (unpaired) electrons. The minimum Gasteiger partial charge on any atom is -0.355 e. The Morgan fingerprint density at radius 1 is 1.17 bits per heavy atom. The average molecular weight is 328 g/mol. The Bertz CT molecular complexity index is 692. The van der Waals surface area contributed by atoms with Gasteiger partial charge in [0, 0.05) is 22.4 Å². The number of thiophene rings is 1. The molecule has 2 amide bonds. The normalized spacial score (nSPS) is 12.1. The third-order valence-electron chi connectivity index (χ3n) is 3.19. The van der Waals surface area contributed by atoms with Crippen LogP contribution in [0.25, 0.3) is 16.5 Å². The standard InChI is InChI=1S/C18H20N2O2S/c1-3-19-18(22)13(2)20-17(21)12-10-15-9-11-16(23-15)14-7-5-4-6-8-14/h4-13H,3H2,1-2H3,(H,19,22)(H,20,21)/b12-10+. The highest BCUT2D eigenvalue weighted by molar-refractivity contribution is 7.16. The van der Waals surface area contributed by atoms with E-state index in [2.05, 4.69) is 22.8 Å². The summed E-state index contributed by atoms with van der Waals surface area (Å²) < 4.78 is 0. The summed E-state index contributed by atoms with van der Waals surface area (Å²) in [5.74, 6) is -0.463. The number of rotatable bonds is 6. The molecule has 23 heavy (non-hydrogen) atoms. The summed E-state index contributed by atoms with van der Waals surface area (Å²) in [6.07, 6.45) is 3.22. The quantitative estimate of drug-likeness (QED) is 0.801. The zero-order valence-corrected chi connectivity index (χ0v) is 14.0. The van der Waals surface area contributed by atoms with Gasteiger partial charge in [0.15, 0.2) is 0 Å². The molecule has 0 saturated carbocycles. The molecule has 1 aromatic carbocycles. The van der Waals surface area contributed by atoms with Crippen LogP contribution in [0.2, 0.25) is 0 Å². The molecule has 1 heterocycles. The maximum absolute atomic E-state index is 11.8. The third-order valence-corrected chi connectivity index (χ3v) is 4.29. The van der Waals surface area contributed by atoms with Gasteiger partial charge in [-0.25, -0.2) is 0 Å². The zero-order chi connectivity index (χ0) is 16.7. The first-order valence-electron chi connectivity index (χ1n) is 7.51. The molecule has 0 fully saturated rings. The Morgan fingerprint density at radius 2 is 1.91 bits per heavy atom. The summed E-state index contributed by atoms with van der Waals surface area (Å²) in [5.41, 5.74) is 1.16. The second-order valence-electron chi connectivity index (χ2n) is 5.03. The van der Waals surface area contributed by atoms with Gasteiger partial charge < -0.3 is 10.6 Å². The van der Waals surface area contributed by atoms with E-state index in [0.29, 0.717) is 6.54 Å². The number of likely N-dealkylation sites (N-methyl/N-ethyl adjacent to an activating group) is 1. The highest BCUT2D eigenvalue weighted by Gasteiger charge is 2.12. The second-order valence-corrected chi connectivity index (χ2v) is 6.14. The molecule has 1 unspecified atom stereocenters. The van der Waals surface area contributed by atoms with Crippen LogP contribution in [0.5, 0.6) is 0 Å². The van der Waals surface area contributed by atoms with Gasteiger partial charge in [0.2, 0.25) is 11.8 Å². The molecule has 2 aromatic rings. The van der Waals surface area contributed by atoms with Crippen molar-refractivity contribution in [2.75, 3.05) is 6.54 Å². The smallest absolute Gasteiger partial charge is 0.244 e. The lowest BCUT2D eigenvalue weighted by atomic mass is 10.2. The van der Waals surface area contributed by atoms with Gasteiger partial charge in [-0.05, 0) is 37.6 Å². The molecule has 0 aliphatic carbocycles. The van der Waals surface area contributed by atoms with Crippen molar-refractivity contribution in [2.45, 2.75) is 19.9 Å². The molecular weight excluding hydrogens is 308 g/mol. The van der Waals surface area contributed by atoms with Crippen molar-refractivity contribution in [3.05, 3.63) is 53.4 Å². The number of benzene rings is 1. The number of carbonyl (C=O) groups excluding carboxylic acids is 2. The summed E-state index contributed by atoms with van der Waals surface area (Å²) >= 11 is 1.62. The van der Waals surface area contributed by atoms with Crippen LogP contribution in [0, 0.1) is 0 Å². The largest absolute Gasteiger partial charge is 0.355 e. The van der Waals surface area contributed by atoms with Crippen LogP contribution in [-0.4, -0.2) is 24.4 Å². The molecular formula is C18H20N2O2S. The van der Waals surface area contributed by atoms with Gasteiger partial charge in [-0.3, -0.25) is 9.59 Å². The molecule has 0 aliphatic rings. The first kappa shape index (κ1) is 17.0. The van der Waals surface area contributed by atoms with Gasteiger partial charge in [-0.1, -0.05) is 30.3 Å². The van der Waals surface area contributed by atoms with Crippen molar-refractivity contribution in [3.8, 4) is 10.4 Å². The van der Waals surface area contributed by atoms with Gasteiger partial charge in [0.1, 0.15) is 6.04 Å². The summed E-state index contributed by atoms with van der Waals surface area (Å²) in [4.78, 5) is 25.5. The van der Waals surface area contributed by atoms with Crippen molar-refractivity contribution < 1.29 is 9.59 Å². The Labute approximate surface area is 140 Å². The summed E-state index contributed by atoms with van der Waals surface area (Å²) in [6, 6.07) is 13.6. The fraction of sp³-hybridized carbons (Fsp3) is 0.222. The first-order valence-corrected chi connectivity index (χ1v) is 8.33. The van der Waals surface area contributed by atoms with E-state index in [1.807, 2.05) is 37.3 Å². The van der Waals surface area contributed by atoms with E-state index < -0.39 is 6.04 Å². The molecule has 120 valence electrons. The van der Waals surface area contributed by atoms with Crippen LogP contribution in [0.4, 0.5) is 0 Å². The predicted molar refractivity (Wildman–Crippen MR) is 95.1 cm³/mol. The SMILES string of the molecule is CCNC(=O)C(C)NC(=O)/C=C/c1ccc(-c2ccccc2)s1. The Kier molecular flexibility index (Phi) is 6.11. The van der Waals surface area contributed by atoms with E-state index in [1.54, 1.807) is 24.3 Å². The number of hydrogen-bond donors (Lipinski definition) is 2. The lowest BCUT2D eigenvalue weighted by Crippen LogP contribution is -2.44. The molecule has 1 atom stereocenters. The van der Waals surface area contributed by atoms with Gasteiger partial charge in [-0.2, -0.15) is 0 Å². The third kappa shape index (κ3) is 5.07. The number of amides is 2. The number of carbonyl (C=O) groups is 2. The highest BCUT2D eigenvalue weighted by Crippen LogP contribution is 2.28. The van der Waals surface area contributed by atoms with Gasteiger partial charge >= 0.3 is 0 Å². The molecule has 0 aliphatic heterocycles. The fourth-order valence-corrected chi connectivity index (χ4v) is 2.93. The van der Waals surface area contributed by atoms with E-state index in [1.165, 1.54) is 6.08 Å². The Morgan fingerprint density at radius 3 is 2.61 bits per heavy atom. The Hall–Kier alpha value is -2.40. The fourth-order valence-electron chi connectivity index (χ4n) is 2.01. The van der Waals surface area contributed by atoms with E-state index in [9.17, 15) is 9.59 Å². The van der Waals surface area contributed by atoms with Gasteiger partial charge in [0.05, 0.1) is 0 Å². The molecule has 1 aromatic heterocycles. The molecule has 2 N–H and O–H groups in total. The molecule has 0 saturated heterocycles. The van der Waals surface area contributed by atoms with E-state index in [-0.39, 0.29) is 11.8 Å². The lowest BCUT2D eigenvalue weighted by molar-refractivity contribution is -0.126. The van der Waals surface area contributed by atoms with Crippen LogP contribution in [0.3, 0.4) is 0 Å². The summed E-state index contributed by atoms with van der Waals surface area (Å²) in [7, 11) is 0. The maximum atomic E-state index is 11.8. The van der Waals surface area contributed by atoms with Crippen LogP contribution in [0.1, 0.15) is 18.7 Å². The number of nitrogens with one attached hydrogen (secondary N) is 2. The summed E-state index contributed by atoms with van der Waals surface area (Å²) in [5, 5.41) is 5.31. The van der Waals surface area contributed by atoms with Crippen molar-refractivity contribution in [1.82, 2.24) is 10.6 Å². The topological polar surface area (TPSA) is 58.2 Å². The second kappa shape index (κ2) is 8.29. The minimum absolute atomic E-state index is 0.184. The van der Waals surface area contributed by atoms with Crippen LogP contribution >= 0.6 is 11.3 Å². The van der Waals surface area contributed by atoms with Crippen molar-refractivity contribution in [3.63, 3.8) is 0 Å². The van der Waals surface area contributed by atoms with Gasteiger partial charge in [-0.15, -0.1) is 11.3 Å². The van der Waals surface area contributed by atoms with Crippen molar-refractivity contribution in [1.29, 1.82) is 0 Å². The molecule has 4 nitrogen and oxygen atoms in total. The van der Waals surface area contributed by atoms with Crippen molar-refractivity contribution >= 4 is 29.2 Å². The maximum Gasteiger partial charge on any atom is 0.244 e.